The lowest BCUT2D eigenvalue weighted by Crippen LogP contribution is -2.44. The summed E-state index contributed by atoms with van der Waals surface area (Å²) in [5, 5.41) is 0. The lowest BCUT2D eigenvalue weighted by molar-refractivity contribution is -0.130. The number of nitrogens with zero attached hydrogens (tertiary/aromatic N) is 3. The number of hydrogen-bond donors (Lipinski definition) is 1. The minimum absolute atomic E-state index is 0.267. The molecular weight excluding hydrogens is 264 g/mol. The molecule has 1 amide bonds. The van der Waals surface area contributed by atoms with E-state index in [9.17, 15) is 4.79 Å². The van der Waals surface area contributed by atoms with Crippen LogP contribution in [-0.4, -0.2) is 80.5 Å². The summed E-state index contributed by atoms with van der Waals surface area (Å²) < 4.78 is 0. The highest BCUT2D eigenvalue weighted by atomic mass is 16.2. The molecule has 1 saturated heterocycles. The normalized spacial score (nSPS) is 17.4. The second kappa shape index (κ2) is 10.1. The summed E-state index contributed by atoms with van der Waals surface area (Å²) >= 11 is 0. The lowest BCUT2D eigenvalue weighted by Gasteiger charge is -2.35. The van der Waals surface area contributed by atoms with Crippen molar-refractivity contribution in [3.63, 3.8) is 0 Å². The van der Waals surface area contributed by atoms with Crippen molar-refractivity contribution in [3.8, 4) is 0 Å². The van der Waals surface area contributed by atoms with Gasteiger partial charge in [-0.25, -0.2) is 0 Å². The average molecular weight is 298 g/mol. The molecule has 1 heterocycles. The van der Waals surface area contributed by atoms with Crippen LogP contribution in [0.3, 0.4) is 0 Å². The number of amides is 1. The molecule has 0 unspecified atom stereocenters. The number of carbonyl (C=O) groups is 1. The molecule has 1 rings (SSSR count). The molecule has 1 fully saturated rings. The van der Waals surface area contributed by atoms with Gasteiger partial charge in [0.2, 0.25) is 5.91 Å². The highest BCUT2D eigenvalue weighted by molar-refractivity contribution is 5.75. The standard InChI is InChI=1S/C16H34N4O/c1-18-11-8-15(9-12-18)19(2)13-14-20(3)16(21)7-5-4-6-10-17/h15H,4-14,17H2,1-3H3. The van der Waals surface area contributed by atoms with Crippen LogP contribution in [0.1, 0.15) is 38.5 Å². The Morgan fingerprint density at radius 2 is 1.81 bits per heavy atom. The first kappa shape index (κ1) is 18.4. The van der Waals surface area contributed by atoms with E-state index in [4.69, 9.17) is 5.73 Å². The number of piperidine rings is 1. The van der Waals surface area contributed by atoms with Gasteiger partial charge in [-0.05, 0) is 59.4 Å². The van der Waals surface area contributed by atoms with E-state index in [-0.39, 0.29) is 5.91 Å². The van der Waals surface area contributed by atoms with E-state index in [1.807, 2.05) is 11.9 Å². The Labute approximate surface area is 130 Å². The first-order valence-electron chi connectivity index (χ1n) is 8.37. The Balaban J connectivity index is 2.16. The van der Waals surface area contributed by atoms with Crippen LogP contribution in [-0.2, 0) is 4.79 Å². The number of hydrogen-bond acceptors (Lipinski definition) is 4. The van der Waals surface area contributed by atoms with Gasteiger partial charge >= 0.3 is 0 Å². The fourth-order valence-electron chi connectivity index (χ4n) is 2.84. The van der Waals surface area contributed by atoms with Crippen LogP contribution in [0.2, 0.25) is 0 Å². The van der Waals surface area contributed by atoms with Crippen LogP contribution in [0, 0.1) is 0 Å². The molecule has 0 aliphatic carbocycles. The van der Waals surface area contributed by atoms with Gasteiger partial charge in [-0.15, -0.1) is 0 Å². The van der Waals surface area contributed by atoms with Gasteiger partial charge in [0, 0.05) is 32.6 Å². The van der Waals surface area contributed by atoms with Crippen LogP contribution in [0.15, 0.2) is 0 Å². The quantitative estimate of drug-likeness (QED) is 0.645. The molecule has 5 nitrogen and oxygen atoms in total. The molecule has 5 heteroatoms. The van der Waals surface area contributed by atoms with E-state index in [1.165, 1.54) is 25.9 Å². The Morgan fingerprint density at radius 1 is 1.14 bits per heavy atom. The summed E-state index contributed by atoms with van der Waals surface area (Å²) in [4.78, 5) is 18.7. The third-order valence-electron chi connectivity index (χ3n) is 4.62. The van der Waals surface area contributed by atoms with Crippen LogP contribution >= 0.6 is 0 Å². The molecule has 0 aromatic rings. The summed E-state index contributed by atoms with van der Waals surface area (Å²) in [5.74, 6) is 0.267. The molecule has 2 N–H and O–H groups in total. The molecule has 124 valence electrons. The van der Waals surface area contributed by atoms with Gasteiger partial charge in [0.1, 0.15) is 0 Å². The van der Waals surface area contributed by atoms with Gasteiger partial charge in [0.15, 0.2) is 0 Å². The summed E-state index contributed by atoms with van der Waals surface area (Å²) in [5.41, 5.74) is 5.46. The monoisotopic (exact) mass is 298 g/mol. The van der Waals surface area contributed by atoms with Crippen molar-refractivity contribution in [2.75, 3.05) is 53.9 Å². The minimum atomic E-state index is 0.267. The number of carbonyl (C=O) groups excluding carboxylic acids is 1. The number of unbranched alkanes of at least 4 members (excludes halogenated alkanes) is 2. The average Bonchev–Trinajstić information content (AvgIpc) is 2.49. The smallest absolute Gasteiger partial charge is 0.222 e. The molecule has 0 saturated carbocycles. The molecule has 0 spiro atoms. The predicted molar refractivity (Wildman–Crippen MR) is 88.3 cm³/mol. The molecule has 0 aromatic heterocycles. The van der Waals surface area contributed by atoms with Crippen LogP contribution in [0.5, 0.6) is 0 Å². The first-order chi connectivity index (χ1) is 10.0. The first-order valence-corrected chi connectivity index (χ1v) is 8.37. The van der Waals surface area contributed by atoms with Crippen molar-refractivity contribution in [3.05, 3.63) is 0 Å². The van der Waals surface area contributed by atoms with E-state index in [0.717, 1.165) is 38.9 Å². The molecule has 0 bridgehead atoms. The minimum Gasteiger partial charge on any atom is -0.344 e. The Hall–Kier alpha value is -0.650. The van der Waals surface area contributed by atoms with Gasteiger partial charge in [-0.2, -0.15) is 0 Å². The highest BCUT2D eigenvalue weighted by Gasteiger charge is 2.20. The van der Waals surface area contributed by atoms with Crippen LogP contribution < -0.4 is 5.73 Å². The number of rotatable bonds is 9. The van der Waals surface area contributed by atoms with Crippen molar-refractivity contribution in [1.29, 1.82) is 0 Å². The van der Waals surface area contributed by atoms with Gasteiger partial charge in [0.05, 0.1) is 0 Å². The second-order valence-electron chi connectivity index (χ2n) is 6.43. The molecule has 21 heavy (non-hydrogen) atoms. The Kier molecular flexibility index (Phi) is 8.88. The lowest BCUT2D eigenvalue weighted by atomic mass is 10.0. The van der Waals surface area contributed by atoms with E-state index >= 15 is 0 Å². The van der Waals surface area contributed by atoms with E-state index in [0.29, 0.717) is 12.5 Å². The summed E-state index contributed by atoms with van der Waals surface area (Å²) in [7, 11) is 6.30. The third-order valence-corrected chi connectivity index (χ3v) is 4.62. The Bertz CT molecular complexity index is 290. The zero-order chi connectivity index (χ0) is 15.7. The Morgan fingerprint density at radius 3 is 2.43 bits per heavy atom. The zero-order valence-corrected chi connectivity index (χ0v) is 14.2. The van der Waals surface area contributed by atoms with Crippen LogP contribution in [0.4, 0.5) is 0 Å². The largest absolute Gasteiger partial charge is 0.344 e. The molecule has 0 atom stereocenters. The molecule has 0 radical (unpaired) electrons. The third kappa shape index (κ3) is 7.25. The maximum atomic E-state index is 12.0. The summed E-state index contributed by atoms with van der Waals surface area (Å²) in [6, 6.07) is 0.675. The van der Waals surface area contributed by atoms with Crippen LogP contribution in [0.25, 0.3) is 0 Å². The fourth-order valence-corrected chi connectivity index (χ4v) is 2.84. The van der Waals surface area contributed by atoms with E-state index in [1.54, 1.807) is 0 Å². The van der Waals surface area contributed by atoms with E-state index < -0.39 is 0 Å². The summed E-state index contributed by atoms with van der Waals surface area (Å²) in [6.07, 6.45) is 6.19. The maximum Gasteiger partial charge on any atom is 0.222 e. The van der Waals surface area contributed by atoms with Crippen molar-refractivity contribution >= 4 is 5.91 Å². The highest BCUT2D eigenvalue weighted by Crippen LogP contribution is 2.13. The molecule has 1 aliphatic heterocycles. The SMILES string of the molecule is CN1CCC(N(C)CCN(C)C(=O)CCCCCN)CC1. The maximum absolute atomic E-state index is 12.0. The molecular formula is C16H34N4O. The fraction of sp³-hybridized carbons (Fsp3) is 0.938. The molecule has 1 aliphatic rings. The van der Waals surface area contributed by atoms with E-state index in [2.05, 4.69) is 23.9 Å². The zero-order valence-electron chi connectivity index (χ0n) is 14.2. The van der Waals surface area contributed by atoms with Crippen molar-refractivity contribution < 1.29 is 4.79 Å². The van der Waals surface area contributed by atoms with Gasteiger partial charge in [0.25, 0.3) is 0 Å². The summed E-state index contributed by atoms with van der Waals surface area (Å²) in [6.45, 7) is 4.90. The predicted octanol–water partition coefficient (Wildman–Crippen LogP) is 0.990. The van der Waals surface area contributed by atoms with Crippen molar-refractivity contribution in [2.45, 2.75) is 44.6 Å². The number of nitrogens with two attached hydrogens (primary N) is 1. The number of likely N-dealkylation sites (tertiary alicyclic amines) is 1. The van der Waals surface area contributed by atoms with Gasteiger partial charge < -0.3 is 20.4 Å². The van der Waals surface area contributed by atoms with Crippen molar-refractivity contribution in [1.82, 2.24) is 14.7 Å². The second-order valence-corrected chi connectivity index (χ2v) is 6.43. The molecule has 0 aromatic carbocycles. The van der Waals surface area contributed by atoms with Crippen molar-refractivity contribution in [2.24, 2.45) is 5.73 Å². The van der Waals surface area contributed by atoms with Gasteiger partial charge in [-0.1, -0.05) is 6.42 Å². The topological polar surface area (TPSA) is 52.8 Å². The van der Waals surface area contributed by atoms with Gasteiger partial charge in [-0.3, -0.25) is 4.79 Å². The number of likely N-dealkylation sites (N-methyl/N-ethyl adjacent to an activating group) is 2.